The molecule has 28 heavy (non-hydrogen) atoms. The van der Waals surface area contributed by atoms with E-state index in [0.717, 1.165) is 68.8 Å². The summed E-state index contributed by atoms with van der Waals surface area (Å²) in [4.78, 5) is 16.6. The van der Waals surface area contributed by atoms with Crippen molar-refractivity contribution in [2.45, 2.75) is 71.0 Å². The summed E-state index contributed by atoms with van der Waals surface area (Å²) in [5.41, 5.74) is 3.67. The lowest BCUT2D eigenvalue weighted by Gasteiger charge is -2.36. The molecule has 2 aromatic heterocycles. The highest BCUT2D eigenvalue weighted by Crippen LogP contribution is 2.32. The van der Waals surface area contributed by atoms with Crippen LogP contribution in [0, 0.1) is 13.8 Å². The van der Waals surface area contributed by atoms with Gasteiger partial charge in [-0.2, -0.15) is 0 Å². The van der Waals surface area contributed by atoms with Crippen LogP contribution in [0.2, 0.25) is 0 Å². The molecule has 4 rings (SSSR count). The van der Waals surface area contributed by atoms with Gasteiger partial charge in [0.15, 0.2) is 0 Å². The Hall–Kier alpha value is -1.70. The van der Waals surface area contributed by atoms with Crippen molar-refractivity contribution < 1.29 is 14.4 Å². The van der Waals surface area contributed by atoms with Crippen molar-refractivity contribution in [2.24, 2.45) is 0 Å². The number of hydrogen-bond acceptors (Lipinski definition) is 6. The molecule has 0 radical (unpaired) electrons. The Kier molecular flexibility index (Phi) is 5.58. The number of nitrogens with one attached hydrogen (secondary N) is 1. The third-order valence-corrected chi connectivity index (χ3v) is 7.34. The van der Waals surface area contributed by atoms with Gasteiger partial charge >= 0.3 is 0 Å². The van der Waals surface area contributed by atoms with Gasteiger partial charge < -0.3 is 14.9 Å². The third kappa shape index (κ3) is 3.75. The molecule has 2 aliphatic rings. The van der Waals surface area contributed by atoms with E-state index in [2.05, 4.69) is 15.4 Å². The lowest BCUT2D eigenvalue weighted by molar-refractivity contribution is 0.0757. The topological polar surface area (TPSA) is 78.6 Å². The van der Waals surface area contributed by atoms with Gasteiger partial charge in [-0.15, -0.1) is 11.3 Å². The van der Waals surface area contributed by atoms with Crippen molar-refractivity contribution in [2.75, 3.05) is 13.2 Å². The van der Waals surface area contributed by atoms with E-state index < -0.39 is 5.54 Å². The molecule has 1 amide bonds. The number of carbonyl (C=O) groups excluding carboxylic acids is 1. The fourth-order valence-electron chi connectivity index (χ4n) is 4.52. The second kappa shape index (κ2) is 7.97. The number of aliphatic hydroxyl groups is 1. The van der Waals surface area contributed by atoms with Crippen LogP contribution in [0.1, 0.15) is 69.9 Å². The summed E-state index contributed by atoms with van der Waals surface area (Å²) in [6.07, 6.45) is 5.93. The fraction of sp³-hybridized carbons (Fsp3) is 0.619. The SMILES string of the molecule is Cc1noc(C)c1CN1CCc2c(C(=O)NC3(CO)CCCCC3)csc2C1. The van der Waals surface area contributed by atoms with Crippen LogP contribution in [0.25, 0.3) is 0 Å². The van der Waals surface area contributed by atoms with Crippen LogP contribution in [0.3, 0.4) is 0 Å². The van der Waals surface area contributed by atoms with Crippen molar-refractivity contribution >= 4 is 17.2 Å². The molecule has 3 heterocycles. The summed E-state index contributed by atoms with van der Waals surface area (Å²) in [5, 5.41) is 19.1. The minimum absolute atomic E-state index is 0.0207. The molecule has 2 N–H and O–H groups in total. The second-order valence-corrected chi connectivity index (χ2v) is 9.23. The van der Waals surface area contributed by atoms with Crippen molar-refractivity contribution in [3.63, 3.8) is 0 Å². The molecule has 0 atom stereocenters. The van der Waals surface area contributed by atoms with Crippen LogP contribution in [0.15, 0.2) is 9.90 Å². The number of aryl methyl sites for hydroxylation is 2. The summed E-state index contributed by atoms with van der Waals surface area (Å²) >= 11 is 1.67. The number of nitrogens with zero attached hydrogens (tertiary/aromatic N) is 2. The van der Waals surface area contributed by atoms with E-state index in [1.807, 2.05) is 19.2 Å². The van der Waals surface area contributed by atoms with E-state index in [4.69, 9.17) is 4.52 Å². The van der Waals surface area contributed by atoms with Crippen LogP contribution in [0.5, 0.6) is 0 Å². The molecule has 152 valence electrons. The van der Waals surface area contributed by atoms with Gasteiger partial charge in [0.25, 0.3) is 5.91 Å². The zero-order chi connectivity index (χ0) is 19.7. The highest BCUT2D eigenvalue weighted by atomic mass is 32.1. The summed E-state index contributed by atoms with van der Waals surface area (Å²) in [7, 11) is 0. The molecule has 7 heteroatoms. The van der Waals surface area contributed by atoms with Gasteiger partial charge in [-0.25, -0.2) is 0 Å². The van der Waals surface area contributed by atoms with Gasteiger partial charge in [-0.3, -0.25) is 9.69 Å². The second-order valence-electron chi connectivity index (χ2n) is 8.27. The number of rotatable bonds is 5. The number of carbonyl (C=O) groups is 1. The van der Waals surface area contributed by atoms with Gasteiger partial charge in [0, 0.05) is 35.5 Å². The Morgan fingerprint density at radius 2 is 2.14 bits per heavy atom. The van der Waals surface area contributed by atoms with Crippen molar-refractivity contribution in [1.29, 1.82) is 0 Å². The molecular weight excluding hydrogens is 374 g/mol. The first kappa shape index (κ1) is 19.6. The molecule has 0 spiro atoms. The molecule has 2 aromatic rings. The molecule has 1 aliphatic carbocycles. The van der Waals surface area contributed by atoms with E-state index in [1.165, 1.54) is 22.4 Å². The average Bonchev–Trinajstić information content (AvgIpc) is 3.27. The van der Waals surface area contributed by atoms with Gasteiger partial charge in [0.1, 0.15) is 5.76 Å². The third-order valence-electron chi connectivity index (χ3n) is 6.33. The van der Waals surface area contributed by atoms with Gasteiger partial charge in [0.2, 0.25) is 0 Å². The van der Waals surface area contributed by atoms with Crippen molar-refractivity contribution in [3.05, 3.63) is 38.4 Å². The molecular formula is C21H29N3O3S. The quantitative estimate of drug-likeness (QED) is 0.801. The Bertz CT molecular complexity index is 832. The fourth-order valence-corrected chi connectivity index (χ4v) is 5.64. The van der Waals surface area contributed by atoms with Crippen LogP contribution in [-0.4, -0.2) is 39.8 Å². The predicted molar refractivity (Wildman–Crippen MR) is 108 cm³/mol. The number of thiophene rings is 1. The first-order chi connectivity index (χ1) is 13.5. The maximum absolute atomic E-state index is 13.0. The molecule has 0 unspecified atom stereocenters. The Morgan fingerprint density at radius 1 is 1.36 bits per heavy atom. The number of fused-ring (bicyclic) bond motifs is 1. The monoisotopic (exact) mass is 403 g/mol. The van der Waals surface area contributed by atoms with Crippen LogP contribution >= 0.6 is 11.3 Å². The highest BCUT2D eigenvalue weighted by Gasteiger charge is 2.34. The standard InChI is InChI=1S/C21H29N3O3S/c1-14-17(15(2)27-23-14)10-24-9-6-16-18(12-28-19(16)11-24)20(26)22-21(13-25)7-4-3-5-8-21/h12,25H,3-11,13H2,1-2H3,(H,22,26). The first-order valence-electron chi connectivity index (χ1n) is 10.2. The minimum atomic E-state index is -0.436. The van der Waals surface area contributed by atoms with E-state index in [1.54, 1.807) is 11.3 Å². The van der Waals surface area contributed by atoms with Crippen LogP contribution in [-0.2, 0) is 19.5 Å². The largest absolute Gasteiger partial charge is 0.394 e. The zero-order valence-corrected chi connectivity index (χ0v) is 17.5. The van der Waals surface area contributed by atoms with Gasteiger partial charge in [0.05, 0.1) is 23.4 Å². The summed E-state index contributed by atoms with van der Waals surface area (Å²) in [5.74, 6) is 0.865. The number of amides is 1. The Labute approximate surface area is 169 Å². The molecule has 6 nitrogen and oxygen atoms in total. The lowest BCUT2D eigenvalue weighted by Crippen LogP contribution is -2.52. The smallest absolute Gasteiger partial charge is 0.252 e. The maximum atomic E-state index is 13.0. The van der Waals surface area contributed by atoms with E-state index in [-0.39, 0.29) is 12.5 Å². The van der Waals surface area contributed by atoms with Crippen LogP contribution in [0.4, 0.5) is 0 Å². The summed E-state index contributed by atoms with van der Waals surface area (Å²) < 4.78 is 5.29. The lowest BCUT2D eigenvalue weighted by atomic mass is 9.82. The van der Waals surface area contributed by atoms with E-state index in [9.17, 15) is 9.90 Å². The molecule has 0 bridgehead atoms. The minimum Gasteiger partial charge on any atom is -0.394 e. The predicted octanol–water partition coefficient (Wildman–Crippen LogP) is 3.34. The Morgan fingerprint density at radius 3 is 2.82 bits per heavy atom. The van der Waals surface area contributed by atoms with Crippen molar-refractivity contribution in [3.8, 4) is 0 Å². The average molecular weight is 404 g/mol. The number of aliphatic hydroxyl groups excluding tert-OH is 1. The van der Waals surface area contributed by atoms with E-state index in [0.29, 0.717) is 0 Å². The maximum Gasteiger partial charge on any atom is 0.252 e. The van der Waals surface area contributed by atoms with E-state index >= 15 is 0 Å². The summed E-state index contributed by atoms with van der Waals surface area (Å²) in [6, 6.07) is 0. The molecule has 1 fully saturated rings. The van der Waals surface area contributed by atoms with Gasteiger partial charge in [-0.05, 0) is 38.7 Å². The van der Waals surface area contributed by atoms with Crippen molar-refractivity contribution in [1.82, 2.24) is 15.4 Å². The molecule has 1 saturated carbocycles. The first-order valence-corrected chi connectivity index (χ1v) is 11.1. The van der Waals surface area contributed by atoms with Gasteiger partial charge in [-0.1, -0.05) is 24.4 Å². The highest BCUT2D eigenvalue weighted by molar-refractivity contribution is 7.10. The normalized spacial score (nSPS) is 19.4. The zero-order valence-electron chi connectivity index (χ0n) is 16.7. The van der Waals surface area contributed by atoms with Crippen LogP contribution < -0.4 is 5.32 Å². The molecule has 0 aromatic carbocycles. The molecule has 0 saturated heterocycles. The summed E-state index contributed by atoms with van der Waals surface area (Å²) in [6.45, 7) is 6.56. The number of aromatic nitrogens is 1. The number of hydrogen-bond donors (Lipinski definition) is 2. The molecule has 1 aliphatic heterocycles. The Balaban J connectivity index is 1.45.